The Kier molecular flexibility index (Phi) is 3.49. The molecular formula is C17H16BrN3. The first kappa shape index (κ1) is 14.1. The molecule has 0 amide bonds. The lowest BCUT2D eigenvalue weighted by molar-refractivity contribution is 0.544. The van der Waals surface area contributed by atoms with Crippen LogP contribution in [0.15, 0.2) is 47.2 Å². The summed E-state index contributed by atoms with van der Waals surface area (Å²) in [5.41, 5.74) is 2.79. The van der Waals surface area contributed by atoms with Gasteiger partial charge in [0.2, 0.25) is 0 Å². The van der Waals surface area contributed by atoms with Crippen LogP contribution in [0.3, 0.4) is 0 Å². The van der Waals surface area contributed by atoms with Crippen molar-refractivity contribution in [2.75, 3.05) is 0 Å². The Labute approximate surface area is 132 Å². The number of hydrogen-bond donors (Lipinski definition) is 0. The summed E-state index contributed by atoms with van der Waals surface area (Å²) in [4.78, 5) is 13.7. The lowest BCUT2D eigenvalue weighted by Gasteiger charge is -2.17. The van der Waals surface area contributed by atoms with Gasteiger partial charge in [-0.2, -0.15) is 0 Å². The summed E-state index contributed by atoms with van der Waals surface area (Å²) in [6.45, 7) is 6.32. The van der Waals surface area contributed by atoms with Gasteiger partial charge in [0.25, 0.3) is 0 Å². The van der Waals surface area contributed by atoms with E-state index < -0.39 is 0 Å². The van der Waals surface area contributed by atoms with Gasteiger partial charge >= 0.3 is 0 Å². The highest BCUT2D eigenvalue weighted by atomic mass is 79.9. The molecule has 4 heteroatoms. The second kappa shape index (κ2) is 5.19. The Morgan fingerprint density at radius 2 is 1.76 bits per heavy atom. The summed E-state index contributed by atoms with van der Waals surface area (Å²) >= 11 is 3.48. The molecule has 2 heterocycles. The van der Waals surface area contributed by atoms with Crippen molar-refractivity contribution in [1.82, 2.24) is 15.0 Å². The smallest absolute Gasteiger partial charge is 0.135 e. The van der Waals surface area contributed by atoms with Crippen LogP contribution in [-0.4, -0.2) is 15.0 Å². The summed E-state index contributed by atoms with van der Waals surface area (Å²) in [5.74, 6) is 0.819. The number of fused-ring (bicyclic) bond motifs is 1. The third kappa shape index (κ3) is 2.95. The van der Waals surface area contributed by atoms with Gasteiger partial charge < -0.3 is 0 Å². The molecule has 0 unspecified atom stereocenters. The lowest BCUT2D eigenvalue weighted by atomic mass is 9.95. The van der Waals surface area contributed by atoms with Gasteiger partial charge in [-0.15, -0.1) is 0 Å². The molecule has 0 bridgehead atoms. The Hall–Kier alpha value is -1.81. The van der Waals surface area contributed by atoms with E-state index in [0.29, 0.717) is 0 Å². The summed E-state index contributed by atoms with van der Waals surface area (Å²) in [5, 5.41) is 1.11. The normalized spacial score (nSPS) is 11.8. The molecule has 0 radical (unpaired) electrons. The van der Waals surface area contributed by atoms with Crippen molar-refractivity contribution in [3.8, 4) is 11.3 Å². The maximum absolute atomic E-state index is 4.70. The Bertz CT molecular complexity index is 806. The molecule has 0 saturated heterocycles. The van der Waals surface area contributed by atoms with E-state index in [1.807, 2.05) is 30.5 Å². The third-order valence-corrected chi connectivity index (χ3v) is 3.66. The van der Waals surface area contributed by atoms with Crippen LogP contribution in [0.25, 0.3) is 22.2 Å². The van der Waals surface area contributed by atoms with Gasteiger partial charge in [-0.3, -0.25) is 4.98 Å². The molecule has 0 aliphatic heterocycles. The number of hydrogen-bond acceptors (Lipinski definition) is 3. The molecule has 106 valence electrons. The minimum atomic E-state index is -0.0944. The summed E-state index contributed by atoms with van der Waals surface area (Å²) in [6.07, 6.45) is 1.86. The second-order valence-corrected chi connectivity index (χ2v) is 6.88. The third-order valence-electron chi connectivity index (χ3n) is 3.25. The van der Waals surface area contributed by atoms with E-state index in [9.17, 15) is 0 Å². The minimum absolute atomic E-state index is 0.0944. The Morgan fingerprint density at radius 3 is 2.52 bits per heavy atom. The average molecular weight is 342 g/mol. The number of benzene rings is 1. The number of aromatic nitrogens is 3. The van der Waals surface area contributed by atoms with Crippen molar-refractivity contribution >= 4 is 26.8 Å². The van der Waals surface area contributed by atoms with Crippen molar-refractivity contribution in [2.45, 2.75) is 26.2 Å². The van der Waals surface area contributed by atoms with Crippen LogP contribution in [0.4, 0.5) is 0 Å². The molecule has 0 spiro atoms. The monoisotopic (exact) mass is 341 g/mol. The van der Waals surface area contributed by atoms with Crippen LogP contribution in [-0.2, 0) is 5.41 Å². The zero-order valence-electron chi connectivity index (χ0n) is 12.3. The highest BCUT2D eigenvalue weighted by Crippen LogP contribution is 2.26. The predicted octanol–water partition coefficient (Wildman–Crippen LogP) is 4.75. The molecular weight excluding hydrogens is 326 g/mol. The van der Waals surface area contributed by atoms with Crippen molar-refractivity contribution in [3.05, 3.63) is 53.0 Å². The Morgan fingerprint density at radius 1 is 1.00 bits per heavy atom. The van der Waals surface area contributed by atoms with Crippen molar-refractivity contribution in [1.29, 1.82) is 0 Å². The van der Waals surface area contributed by atoms with Gasteiger partial charge in [0, 0.05) is 22.6 Å². The highest BCUT2D eigenvalue weighted by Gasteiger charge is 2.19. The fourth-order valence-electron chi connectivity index (χ4n) is 2.11. The van der Waals surface area contributed by atoms with Crippen LogP contribution in [0.2, 0.25) is 0 Å². The zero-order chi connectivity index (χ0) is 15.0. The van der Waals surface area contributed by atoms with Crippen molar-refractivity contribution < 1.29 is 0 Å². The van der Waals surface area contributed by atoms with Gasteiger partial charge in [0.05, 0.1) is 11.2 Å². The van der Waals surface area contributed by atoms with E-state index >= 15 is 0 Å². The summed E-state index contributed by atoms with van der Waals surface area (Å²) in [7, 11) is 0. The number of pyridine rings is 1. The first-order chi connectivity index (χ1) is 9.93. The zero-order valence-corrected chi connectivity index (χ0v) is 13.8. The van der Waals surface area contributed by atoms with Crippen molar-refractivity contribution in [3.63, 3.8) is 0 Å². The van der Waals surface area contributed by atoms with Gasteiger partial charge in [-0.25, -0.2) is 9.97 Å². The van der Waals surface area contributed by atoms with Crippen LogP contribution in [0.5, 0.6) is 0 Å². The molecule has 0 aliphatic rings. The van der Waals surface area contributed by atoms with E-state index in [-0.39, 0.29) is 5.41 Å². The molecule has 3 aromatic rings. The maximum Gasteiger partial charge on any atom is 0.135 e. The Balaban J connectivity index is 2.16. The maximum atomic E-state index is 4.70. The molecule has 3 nitrogen and oxygen atoms in total. The molecule has 2 aromatic heterocycles. The van der Waals surface area contributed by atoms with E-state index in [1.54, 1.807) is 0 Å². The number of halogens is 1. The number of para-hydroxylation sites is 1. The topological polar surface area (TPSA) is 38.7 Å². The molecule has 1 aromatic carbocycles. The van der Waals surface area contributed by atoms with E-state index in [4.69, 9.17) is 4.98 Å². The SMILES string of the molecule is CC(C)(C)c1nc(Br)cc(-c2cnc3ccccc3c2)n1. The van der Waals surface area contributed by atoms with Gasteiger partial charge in [0.1, 0.15) is 10.4 Å². The van der Waals surface area contributed by atoms with Crippen LogP contribution < -0.4 is 0 Å². The highest BCUT2D eigenvalue weighted by molar-refractivity contribution is 9.10. The second-order valence-electron chi connectivity index (χ2n) is 6.07. The van der Waals surface area contributed by atoms with Gasteiger partial charge in [0.15, 0.2) is 0 Å². The predicted molar refractivity (Wildman–Crippen MR) is 89.2 cm³/mol. The largest absolute Gasteiger partial charge is 0.256 e. The van der Waals surface area contributed by atoms with Crippen molar-refractivity contribution in [2.24, 2.45) is 0 Å². The molecule has 3 rings (SSSR count). The summed E-state index contributed by atoms with van der Waals surface area (Å²) in [6, 6.07) is 12.1. The fraction of sp³-hybridized carbons (Fsp3) is 0.235. The average Bonchev–Trinajstić information content (AvgIpc) is 2.45. The number of nitrogens with zero attached hydrogens (tertiary/aromatic N) is 3. The lowest BCUT2D eigenvalue weighted by Crippen LogP contribution is -2.16. The molecule has 0 fully saturated rings. The standard InChI is InChI=1S/C17H16BrN3/c1-17(2,3)16-20-14(9-15(18)21-16)12-8-11-6-4-5-7-13(11)19-10-12/h4-10H,1-3H3. The summed E-state index contributed by atoms with van der Waals surface area (Å²) < 4.78 is 0.797. The van der Waals surface area contributed by atoms with Crippen LogP contribution >= 0.6 is 15.9 Å². The van der Waals surface area contributed by atoms with E-state index in [0.717, 1.165) is 32.6 Å². The van der Waals surface area contributed by atoms with Crippen LogP contribution in [0.1, 0.15) is 26.6 Å². The molecule has 21 heavy (non-hydrogen) atoms. The van der Waals surface area contributed by atoms with E-state index in [1.165, 1.54) is 0 Å². The molecule has 0 aliphatic carbocycles. The van der Waals surface area contributed by atoms with Gasteiger partial charge in [-0.05, 0) is 34.1 Å². The first-order valence-corrected chi connectivity index (χ1v) is 7.63. The molecule has 0 atom stereocenters. The molecule has 0 N–H and O–H groups in total. The number of rotatable bonds is 1. The van der Waals surface area contributed by atoms with Gasteiger partial charge in [-0.1, -0.05) is 39.0 Å². The quantitative estimate of drug-likeness (QED) is 0.599. The van der Waals surface area contributed by atoms with Crippen LogP contribution in [0, 0.1) is 0 Å². The molecule has 0 saturated carbocycles. The first-order valence-electron chi connectivity index (χ1n) is 6.84. The minimum Gasteiger partial charge on any atom is -0.256 e. The van der Waals surface area contributed by atoms with E-state index in [2.05, 4.69) is 58.8 Å². The fourth-order valence-corrected chi connectivity index (χ4v) is 2.50.